The van der Waals surface area contributed by atoms with Crippen LogP contribution in [0.2, 0.25) is 0 Å². The Morgan fingerprint density at radius 3 is 2.75 bits per heavy atom. The van der Waals surface area contributed by atoms with Gasteiger partial charge < -0.3 is 10.4 Å². The molecule has 1 aromatic rings. The van der Waals surface area contributed by atoms with E-state index in [9.17, 15) is 5.11 Å². The zero-order chi connectivity index (χ0) is 11.4. The number of hydrogen-bond acceptors (Lipinski definition) is 4. The molecule has 1 saturated heterocycles. The number of aromatic hydroxyl groups is 1. The van der Waals surface area contributed by atoms with Crippen molar-refractivity contribution in [3.63, 3.8) is 0 Å². The summed E-state index contributed by atoms with van der Waals surface area (Å²) in [6, 6.07) is 7.12. The van der Waals surface area contributed by atoms with Crippen molar-refractivity contribution in [2.24, 2.45) is 0 Å². The lowest BCUT2D eigenvalue weighted by Gasteiger charge is -2.27. The van der Waals surface area contributed by atoms with Crippen molar-refractivity contribution in [1.82, 2.24) is 10.2 Å². The first-order chi connectivity index (χ1) is 7.79. The second-order valence-electron chi connectivity index (χ2n) is 3.98. The van der Waals surface area contributed by atoms with Crippen molar-refractivity contribution in [2.45, 2.75) is 6.54 Å². The molecule has 1 heterocycles. The molecular formula is C12H15N3O. The molecule has 0 radical (unpaired) electrons. The second-order valence-corrected chi connectivity index (χ2v) is 3.98. The quantitative estimate of drug-likeness (QED) is 0.764. The van der Waals surface area contributed by atoms with Crippen molar-refractivity contribution in [2.75, 3.05) is 26.2 Å². The van der Waals surface area contributed by atoms with E-state index in [0.717, 1.165) is 38.3 Å². The molecule has 2 rings (SSSR count). The highest BCUT2D eigenvalue weighted by atomic mass is 16.3. The van der Waals surface area contributed by atoms with E-state index in [1.807, 2.05) is 12.1 Å². The first-order valence-corrected chi connectivity index (χ1v) is 5.44. The minimum atomic E-state index is 0.220. The highest BCUT2D eigenvalue weighted by Gasteiger charge is 2.12. The predicted octanol–water partition coefficient (Wildman–Crippen LogP) is 0.669. The molecule has 0 atom stereocenters. The fraction of sp³-hybridized carbons (Fsp3) is 0.417. The summed E-state index contributed by atoms with van der Waals surface area (Å²) in [6.45, 7) is 4.74. The van der Waals surface area contributed by atoms with Crippen LogP contribution in [0.25, 0.3) is 0 Å². The van der Waals surface area contributed by atoms with E-state index < -0.39 is 0 Å². The number of nitrogens with zero attached hydrogens (tertiary/aromatic N) is 2. The third-order valence-electron chi connectivity index (χ3n) is 2.82. The van der Waals surface area contributed by atoms with Crippen molar-refractivity contribution in [1.29, 1.82) is 5.26 Å². The normalized spacial score (nSPS) is 16.9. The molecule has 0 spiro atoms. The lowest BCUT2D eigenvalue weighted by Crippen LogP contribution is -2.42. The van der Waals surface area contributed by atoms with Crippen molar-refractivity contribution in [3.05, 3.63) is 29.3 Å². The van der Waals surface area contributed by atoms with Crippen LogP contribution in [-0.2, 0) is 6.54 Å². The summed E-state index contributed by atoms with van der Waals surface area (Å²) in [5.41, 5.74) is 1.39. The van der Waals surface area contributed by atoms with Gasteiger partial charge in [-0.2, -0.15) is 5.26 Å². The van der Waals surface area contributed by atoms with E-state index in [1.165, 1.54) is 6.07 Å². The van der Waals surface area contributed by atoms with Gasteiger partial charge in [0.15, 0.2) is 0 Å². The highest BCUT2D eigenvalue weighted by molar-refractivity contribution is 5.41. The maximum atomic E-state index is 9.76. The van der Waals surface area contributed by atoms with E-state index in [2.05, 4.69) is 10.2 Å². The Hall–Kier alpha value is -1.57. The van der Waals surface area contributed by atoms with Gasteiger partial charge in [0, 0.05) is 38.3 Å². The van der Waals surface area contributed by atoms with Gasteiger partial charge in [0.25, 0.3) is 0 Å². The molecule has 0 aliphatic carbocycles. The molecule has 1 aromatic carbocycles. The zero-order valence-corrected chi connectivity index (χ0v) is 9.11. The minimum absolute atomic E-state index is 0.220. The standard InChI is InChI=1S/C12H15N3O/c13-8-10-1-2-11(12(16)7-10)9-15-5-3-14-4-6-15/h1-2,7,14,16H,3-6,9H2. The van der Waals surface area contributed by atoms with Gasteiger partial charge in [-0.1, -0.05) is 6.07 Å². The topological polar surface area (TPSA) is 59.3 Å². The summed E-state index contributed by atoms with van der Waals surface area (Å²) in [6.07, 6.45) is 0. The van der Waals surface area contributed by atoms with Gasteiger partial charge in [-0.15, -0.1) is 0 Å². The van der Waals surface area contributed by atoms with Crippen LogP contribution in [0, 0.1) is 11.3 Å². The fourth-order valence-corrected chi connectivity index (χ4v) is 1.88. The average molecular weight is 217 g/mol. The van der Waals surface area contributed by atoms with E-state index in [1.54, 1.807) is 6.07 Å². The summed E-state index contributed by atoms with van der Waals surface area (Å²) in [5, 5.41) is 21.7. The van der Waals surface area contributed by atoms with Gasteiger partial charge in [0.1, 0.15) is 5.75 Å². The Kier molecular flexibility index (Phi) is 3.40. The number of benzene rings is 1. The molecule has 0 bridgehead atoms. The van der Waals surface area contributed by atoms with Crippen LogP contribution in [0.5, 0.6) is 5.75 Å². The first-order valence-electron chi connectivity index (χ1n) is 5.44. The molecule has 1 fully saturated rings. The van der Waals surface area contributed by atoms with E-state index >= 15 is 0 Å². The molecule has 0 unspecified atom stereocenters. The van der Waals surface area contributed by atoms with E-state index in [0.29, 0.717) is 5.56 Å². The van der Waals surface area contributed by atoms with Crippen molar-refractivity contribution >= 4 is 0 Å². The van der Waals surface area contributed by atoms with E-state index in [4.69, 9.17) is 5.26 Å². The molecule has 0 amide bonds. The zero-order valence-electron chi connectivity index (χ0n) is 9.11. The maximum absolute atomic E-state index is 9.76. The Morgan fingerprint density at radius 2 is 2.12 bits per heavy atom. The number of phenolic OH excluding ortho intramolecular Hbond substituents is 1. The highest BCUT2D eigenvalue weighted by Crippen LogP contribution is 2.20. The van der Waals surface area contributed by atoms with Crippen molar-refractivity contribution in [3.8, 4) is 11.8 Å². The summed E-state index contributed by atoms with van der Waals surface area (Å²) in [5.74, 6) is 0.220. The van der Waals surface area contributed by atoms with Crippen LogP contribution < -0.4 is 5.32 Å². The molecule has 0 saturated carbocycles. The summed E-state index contributed by atoms with van der Waals surface area (Å²) >= 11 is 0. The third-order valence-corrected chi connectivity index (χ3v) is 2.82. The van der Waals surface area contributed by atoms with Gasteiger partial charge in [0.05, 0.1) is 11.6 Å². The summed E-state index contributed by atoms with van der Waals surface area (Å²) in [4.78, 5) is 2.29. The van der Waals surface area contributed by atoms with Crippen molar-refractivity contribution < 1.29 is 5.11 Å². The monoisotopic (exact) mass is 217 g/mol. The Bertz CT molecular complexity index is 405. The molecule has 1 aliphatic rings. The van der Waals surface area contributed by atoms with Crippen LogP contribution in [0.3, 0.4) is 0 Å². The number of piperazine rings is 1. The number of hydrogen-bond donors (Lipinski definition) is 2. The summed E-state index contributed by atoms with van der Waals surface area (Å²) in [7, 11) is 0. The number of phenols is 1. The molecule has 84 valence electrons. The van der Waals surface area contributed by atoms with Gasteiger partial charge in [-0.05, 0) is 12.1 Å². The molecule has 2 N–H and O–H groups in total. The number of nitrogens with one attached hydrogen (secondary N) is 1. The van der Waals surface area contributed by atoms with Gasteiger partial charge in [-0.3, -0.25) is 4.90 Å². The Balaban J connectivity index is 2.06. The smallest absolute Gasteiger partial charge is 0.121 e. The van der Waals surface area contributed by atoms with Crippen LogP contribution in [0.4, 0.5) is 0 Å². The molecule has 1 aliphatic heterocycles. The lowest BCUT2D eigenvalue weighted by molar-refractivity contribution is 0.230. The Morgan fingerprint density at radius 1 is 1.38 bits per heavy atom. The van der Waals surface area contributed by atoms with Crippen LogP contribution in [0.1, 0.15) is 11.1 Å². The molecule has 0 aromatic heterocycles. The fourth-order valence-electron chi connectivity index (χ4n) is 1.88. The van der Waals surface area contributed by atoms with Gasteiger partial charge in [0.2, 0.25) is 0 Å². The lowest BCUT2D eigenvalue weighted by atomic mass is 10.1. The minimum Gasteiger partial charge on any atom is -0.508 e. The molecule has 4 heteroatoms. The van der Waals surface area contributed by atoms with Crippen LogP contribution in [-0.4, -0.2) is 36.2 Å². The predicted molar refractivity (Wildman–Crippen MR) is 61.0 cm³/mol. The first kappa shape index (κ1) is 10.9. The molecule has 16 heavy (non-hydrogen) atoms. The van der Waals surface area contributed by atoms with Crippen LogP contribution >= 0.6 is 0 Å². The molecular weight excluding hydrogens is 202 g/mol. The number of nitriles is 1. The van der Waals surface area contributed by atoms with Gasteiger partial charge in [-0.25, -0.2) is 0 Å². The SMILES string of the molecule is N#Cc1ccc(CN2CCNCC2)c(O)c1. The van der Waals surface area contributed by atoms with E-state index in [-0.39, 0.29) is 5.75 Å². The third kappa shape index (κ3) is 2.51. The molecule has 4 nitrogen and oxygen atoms in total. The van der Waals surface area contributed by atoms with Crippen LogP contribution in [0.15, 0.2) is 18.2 Å². The second kappa shape index (κ2) is 4.97. The van der Waals surface area contributed by atoms with Gasteiger partial charge >= 0.3 is 0 Å². The largest absolute Gasteiger partial charge is 0.508 e. The average Bonchev–Trinajstić information content (AvgIpc) is 2.33. The summed E-state index contributed by atoms with van der Waals surface area (Å²) < 4.78 is 0. The Labute approximate surface area is 95.1 Å². The maximum Gasteiger partial charge on any atom is 0.121 e. The number of rotatable bonds is 2.